The van der Waals surface area contributed by atoms with Crippen molar-refractivity contribution in [3.8, 4) is 55.6 Å². The Kier molecular flexibility index (Phi) is 5.48. The van der Waals surface area contributed by atoms with Gasteiger partial charge in [-0.05, 0) is 153 Å². The number of benzene rings is 11. The molecule has 3 aliphatic rings. The molecule has 0 fully saturated rings. The van der Waals surface area contributed by atoms with Gasteiger partial charge in [0.15, 0.2) is 0 Å². The van der Waals surface area contributed by atoms with Crippen molar-refractivity contribution in [2.75, 3.05) is 4.90 Å². The Hall–Kier alpha value is -8.52. The number of nitrogens with zero attached hydrogens (tertiary/aromatic N) is 1. The smallest absolute Gasteiger partial charge is 0.0714 e. The highest BCUT2D eigenvalue weighted by Crippen LogP contribution is 2.58. The van der Waals surface area contributed by atoms with Crippen LogP contribution in [0.4, 0.5) is 17.1 Å². The first-order chi connectivity index (χ1) is 44.8. The van der Waals surface area contributed by atoms with Crippen LogP contribution in [0.15, 0.2) is 248 Å². The fourth-order valence-corrected chi connectivity index (χ4v) is 11.6. The highest BCUT2D eigenvalue weighted by molar-refractivity contribution is 6.05. The number of anilines is 3. The predicted octanol–water partition coefficient (Wildman–Crippen LogP) is 18.6. The fraction of sp³-hybridized carbons (Fsp3) is 0.0986. The maximum atomic E-state index is 10.4. The lowest BCUT2D eigenvalue weighted by atomic mass is 9.67. The van der Waals surface area contributed by atoms with Crippen LogP contribution in [-0.4, -0.2) is 0 Å². The summed E-state index contributed by atoms with van der Waals surface area (Å²) in [5.41, 5.74) is -2.39. The molecule has 0 radical (unpaired) electrons. The van der Waals surface area contributed by atoms with Gasteiger partial charge in [-0.1, -0.05) is 233 Å². The minimum absolute atomic E-state index is 0.316. The summed E-state index contributed by atoms with van der Waals surface area (Å²) >= 11 is 0. The van der Waals surface area contributed by atoms with Gasteiger partial charge in [0.2, 0.25) is 0 Å². The molecule has 1 heteroatoms. The molecule has 14 rings (SSSR count). The van der Waals surface area contributed by atoms with Crippen LogP contribution in [0.2, 0.25) is 0 Å². The summed E-state index contributed by atoms with van der Waals surface area (Å²) < 4.78 is 217. The van der Waals surface area contributed by atoms with E-state index in [2.05, 4.69) is 56.3 Å². The average molecular weight is 943 g/mol. The first-order valence-electron chi connectivity index (χ1n) is 35.1. The summed E-state index contributed by atoms with van der Waals surface area (Å²) in [6, 6.07) is 30.9. The van der Waals surface area contributed by atoms with Crippen molar-refractivity contribution in [1.82, 2.24) is 0 Å². The van der Waals surface area contributed by atoms with Gasteiger partial charge in [-0.2, -0.15) is 0 Å². The summed E-state index contributed by atoms with van der Waals surface area (Å²) in [5.74, 6) is 0. The molecule has 11 aromatic rings. The summed E-state index contributed by atoms with van der Waals surface area (Å²) in [6.45, 7) is -3.45. The van der Waals surface area contributed by atoms with E-state index in [1.165, 1.54) is 0 Å². The van der Waals surface area contributed by atoms with Gasteiger partial charge in [-0.15, -0.1) is 0 Å². The number of fused-ring (bicyclic) bond motifs is 10. The highest BCUT2D eigenvalue weighted by atomic mass is 15.1. The Bertz CT molecular complexity index is 5150. The first kappa shape index (κ1) is 25.0. The molecule has 0 aliphatic heterocycles. The van der Waals surface area contributed by atoms with Crippen LogP contribution in [0.1, 0.15) is 104 Å². The largest absolute Gasteiger partial charge is 0.310 e. The van der Waals surface area contributed by atoms with Crippen LogP contribution in [-0.2, 0) is 16.2 Å². The molecule has 11 aromatic carbocycles. The van der Waals surface area contributed by atoms with E-state index in [-0.39, 0.29) is 5.69 Å². The minimum Gasteiger partial charge on any atom is -0.310 e. The van der Waals surface area contributed by atoms with Crippen LogP contribution in [0.5, 0.6) is 0 Å². The lowest BCUT2D eigenvalue weighted by molar-refractivity contribution is 0.660. The fourth-order valence-electron chi connectivity index (χ4n) is 11.6. The van der Waals surface area contributed by atoms with Crippen LogP contribution in [0.3, 0.4) is 0 Å². The normalized spacial score (nSPS) is 19.6. The molecular formula is C71H53N. The molecule has 0 saturated heterocycles. The van der Waals surface area contributed by atoms with Crippen molar-refractivity contribution in [3.05, 3.63) is 293 Å². The SMILES string of the molecule is [2H]c1c([2H])c([2H])c2c(c1[2H])-c1c([2H])c(-c3c(-c4c([2H])c([2H])c(N(c5ccc6c(c5)C(C)(C)c5ccccc5-6)c5ccc6c(c5)C(c5ccccc5)(c5ccccc5)c5ccccc5-6)c([2H])c4[2H])c([2H])c([2H])c4c([2H])c([2H])c([2H])c([2H])c34)c([2H])c([2H])c1C2(C([2H])([2H])[2H])C([2H])([2H])[2H]. The zero-order chi connectivity index (χ0) is 68.1. The Morgan fingerprint density at radius 2 is 0.944 bits per heavy atom. The molecule has 0 aromatic heterocycles. The molecule has 72 heavy (non-hydrogen) atoms. The van der Waals surface area contributed by atoms with Gasteiger partial charge in [0.05, 0.1) is 28.7 Å². The van der Waals surface area contributed by atoms with Crippen LogP contribution in [0.25, 0.3) is 66.4 Å². The van der Waals surface area contributed by atoms with Crippen molar-refractivity contribution >= 4 is 27.8 Å². The van der Waals surface area contributed by atoms with Crippen molar-refractivity contribution in [3.63, 3.8) is 0 Å². The van der Waals surface area contributed by atoms with Crippen molar-refractivity contribution in [1.29, 1.82) is 0 Å². The maximum absolute atomic E-state index is 10.4. The third-order valence-corrected chi connectivity index (χ3v) is 14.9. The highest BCUT2D eigenvalue weighted by Gasteiger charge is 2.46. The zero-order valence-electron chi connectivity index (χ0n) is 61.8. The van der Waals surface area contributed by atoms with Gasteiger partial charge in [0.1, 0.15) is 0 Å². The molecule has 0 amide bonds. The van der Waals surface area contributed by atoms with E-state index >= 15 is 0 Å². The van der Waals surface area contributed by atoms with E-state index in [4.69, 9.17) is 15.1 Å². The molecule has 0 N–H and O–H groups in total. The molecule has 0 heterocycles. The summed E-state index contributed by atoms with van der Waals surface area (Å²) in [7, 11) is 0. The van der Waals surface area contributed by atoms with Crippen LogP contribution in [0, 0.1) is 0 Å². The Balaban J connectivity index is 1.11. The van der Waals surface area contributed by atoms with Gasteiger partial charge in [0, 0.05) is 36.1 Å². The van der Waals surface area contributed by atoms with Gasteiger partial charge in [-0.3, -0.25) is 0 Å². The van der Waals surface area contributed by atoms with Gasteiger partial charge in [0.25, 0.3) is 0 Å². The third-order valence-electron chi connectivity index (χ3n) is 14.9. The second-order valence-corrected chi connectivity index (χ2v) is 19.0. The van der Waals surface area contributed by atoms with Gasteiger partial charge < -0.3 is 4.90 Å². The number of hydrogen-bond acceptors (Lipinski definition) is 1. The molecule has 3 aliphatic carbocycles. The summed E-state index contributed by atoms with van der Waals surface area (Å²) in [5, 5.41) is -1.41. The molecule has 0 spiro atoms. The van der Waals surface area contributed by atoms with Crippen molar-refractivity contribution in [2.45, 2.75) is 43.8 Å². The van der Waals surface area contributed by atoms with E-state index in [1.54, 1.807) is 4.90 Å². The summed E-state index contributed by atoms with van der Waals surface area (Å²) in [6.07, 6.45) is 0. The second-order valence-electron chi connectivity index (χ2n) is 19.0. The van der Waals surface area contributed by atoms with Gasteiger partial charge in [-0.25, -0.2) is 0 Å². The molecule has 0 saturated carbocycles. The first-order valence-corrected chi connectivity index (χ1v) is 23.6. The van der Waals surface area contributed by atoms with Crippen molar-refractivity contribution < 1.29 is 31.5 Å². The van der Waals surface area contributed by atoms with Crippen LogP contribution >= 0.6 is 0 Å². The van der Waals surface area contributed by atoms with E-state index in [1.807, 2.05) is 103 Å². The van der Waals surface area contributed by atoms with E-state index in [9.17, 15) is 16.4 Å². The molecule has 0 bridgehead atoms. The van der Waals surface area contributed by atoms with Gasteiger partial charge >= 0.3 is 0 Å². The maximum Gasteiger partial charge on any atom is 0.0714 e. The van der Waals surface area contributed by atoms with Crippen LogP contribution < -0.4 is 4.90 Å². The lowest BCUT2D eigenvalue weighted by Crippen LogP contribution is -2.28. The third kappa shape index (κ3) is 6.01. The standard InChI is InChI=1S/C71H53N/c1-69(2)63-29-17-14-27-58(63)61-43-48(34-42-64(61)69)68-54-24-12-11-19-46(54)33-39-55(68)47-31-35-51(36-32-47)72(52-37-40-59-56-25-13-16-28-62(56)70(3,4)66(59)44-52)53-38-41-60-57-26-15-18-30-65(57)71(67(60)45-53,49-20-7-5-8-21-49)50-22-9-6-10-23-50/h5-45H,1-4H3/i1D3,2D3,11D,12D,14D,17D,19D,24D,27D,29D,31D,32D,33D,34D,35D,36D,39D,42D,43D. The quantitative estimate of drug-likeness (QED) is 0.154. The van der Waals surface area contributed by atoms with E-state index in [0.717, 1.165) is 55.6 Å². The predicted molar refractivity (Wildman–Crippen MR) is 302 cm³/mol. The Morgan fingerprint density at radius 1 is 0.375 bits per heavy atom. The lowest BCUT2D eigenvalue weighted by Gasteiger charge is -2.35. The second kappa shape index (κ2) is 15.7. The molecular weight excluding hydrogens is 867 g/mol. The molecule has 0 atom stereocenters. The number of hydrogen-bond donors (Lipinski definition) is 0. The zero-order valence-corrected chi connectivity index (χ0v) is 38.8. The van der Waals surface area contributed by atoms with E-state index < -0.39 is 188 Å². The monoisotopic (exact) mass is 943 g/mol. The molecule has 342 valence electrons. The topological polar surface area (TPSA) is 3.24 Å². The average Bonchev–Trinajstić information content (AvgIpc) is 1.52. The van der Waals surface area contributed by atoms with E-state index in [0.29, 0.717) is 11.4 Å². The van der Waals surface area contributed by atoms with Crippen molar-refractivity contribution in [2.24, 2.45) is 0 Å². The number of rotatable bonds is 7. The molecule has 0 unspecified atom stereocenters. The summed E-state index contributed by atoms with van der Waals surface area (Å²) in [4.78, 5) is 1.63. The minimum atomic E-state index is -3.81. The Morgan fingerprint density at radius 3 is 1.67 bits per heavy atom. The molecule has 1 nitrogen and oxygen atoms in total. The Labute approximate surface area is 455 Å².